The van der Waals surface area contributed by atoms with Gasteiger partial charge in [0.15, 0.2) is 0 Å². The molecule has 0 aromatic heterocycles. The van der Waals surface area contributed by atoms with Gasteiger partial charge in [0.2, 0.25) is 0 Å². The minimum atomic E-state index is -0.241. The van der Waals surface area contributed by atoms with Gasteiger partial charge in [0, 0.05) is 12.7 Å². The van der Waals surface area contributed by atoms with Crippen molar-refractivity contribution in [1.82, 2.24) is 5.32 Å². The average Bonchev–Trinajstić information content (AvgIpc) is 2.35. The second kappa shape index (κ2) is 6.12. The Bertz CT molecular complexity index is 331. The first kappa shape index (κ1) is 12.5. The topological polar surface area (TPSA) is 47.6 Å². The van der Waals surface area contributed by atoms with Crippen LogP contribution in [0.15, 0.2) is 24.3 Å². The highest BCUT2D eigenvalue weighted by Crippen LogP contribution is 2.11. The summed E-state index contributed by atoms with van der Waals surface area (Å²) in [6.07, 6.45) is 0.493. The molecule has 4 nitrogen and oxygen atoms in total. The van der Waals surface area contributed by atoms with E-state index in [0.29, 0.717) is 5.56 Å². The molecule has 1 rings (SSSR count). The first-order valence-corrected chi connectivity index (χ1v) is 5.19. The molecule has 0 aliphatic rings. The van der Waals surface area contributed by atoms with Gasteiger partial charge >= 0.3 is 0 Å². The third-order valence-electron chi connectivity index (χ3n) is 2.30. The molecular formula is C12H17NO3. The zero-order valence-electron chi connectivity index (χ0n) is 9.82. The normalized spacial score (nSPS) is 11.9. The van der Waals surface area contributed by atoms with Crippen molar-refractivity contribution in [2.75, 3.05) is 14.2 Å². The molecule has 0 saturated carbocycles. The second-order valence-corrected chi connectivity index (χ2v) is 3.33. The highest BCUT2D eigenvalue weighted by Gasteiger charge is 2.10. The Morgan fingerprint density at radius 2 is 1.94 bits per heavy atom. The van der Waals surface area contributed by atoms with Gasteiger partial charge in [0.25, 0.3) is 5.91 Å². The van der Waals surface area contributed by atoms with Crippen molar-refractivity contribution >= 4 is 5.91 Å². The van der Waals surface area contributed by atoms with Crippen molar-refractivity contribution in [2.45, 2.75) is 19.6 Å². The standard InChI is InChI=1S/C12H17NO3/c1-4-11(16-3)13-12(14)9-5-7-10(15-2)8-6-9/h5-8,11H,4H2,1-3H3,(H,13,14). The number of ether oxygens (including phenoxy) is 2. The molecule has 0 heterocycles. The zero-order chi connectivity index (χ0) is 12.0. The van der Waals surface area contributed by atoms with Crippen LogP contribution in [0.2, 0.25) is 0 Å². The summed E-state index contributed by atoms with van der Waals surface area (Å²) in [5.41, 5.74) is 0.594. The summed E-state index contributed by atoms with van der Waals surface area (Å²) in [5.74, 6) is 0.590. The SMILES string of the molecule is CCC(NC(=O)c1ccc(OC)cc1)OC. The van der Waals surface area contributed by atoms with Crippen molar-refractivity contribution in [2.24, 2.45) is 0 Å². The predicted molar refractivity (Wildman–Crippen MR) is 61.5 cm³/mol. The van der Waals surface area contributed by atoms with Gasteiger partial charge in [-0.25, -0.2) is 0 Å². The van der Waals surface area contributed by atoms with Crippen LogP contribution in [0.1, 0.15) is 23.7 Å². The minimum Gasteiger partial charge on any atom is -0.497 e. The van der Waals surface area contributed by atoms with Gasteiger partial charge in [-0.3, -0.25) is 4.79 Å². The van der Waals surface area contributed by atoms with E-state index < -0.39 is 0 Å². The molecule has 0 bridgehead atoms. The third-order valence-corrected chi connectivity index (χ3v) is 2.30. The van der Waals surface area contributed by atoms with E-state index in [9.17, 15) is 4.79 Å². The molecule has 1 unspecified atom stereocenters. The van der Waals surface area contributed by atoms with Crippen LogP contribution >= 0.6 is 0 Å². The Morgan fingerprint density at radius 1 is 1.31 bits per heavy atom. The van der Waals surface area contributed by atoms with Crippen LogP contribution in [0.5, 0.6) is 5.75 Å². The van der Waals surface area contributed by atoms with Crippen molar-refractivity contribution in [3.63, 3.8) is 0 Å². The van der Waals surface area contributed by atoms with Crippen LogP contribution in [0.4, 0.5) is 0 Å². The lowest BCUT2D eigenvalue weighted by atomic mass is 10.2. The summed E-state index contributed by atoms with van der Waals surface area (Å²) in [7, 11) is 3.16. The van der Waals surface area contributed by atoms with E-state index in [0.717, 1.165) is 12.2 Å². The smallest absolute Gasteiger partial charge is 0.253 e. The molecule has 1 N–H and O–H groups in total. The summed E-state index contributed by atoms with van der Waals surface area (Å²) >= 11 is 0. The van der Waals surface area contributed by atoms with E-state index in [4.69, 9.17) is 9.47 Å². The largest absolute Gasteiger partial charge is 0.497 e. The first-order chi connectivity index (χ1) is 7.71. The van der Waals surface area contributed by atoms with Gasteiger partial charge in [0.1, 0.15) is 12.0 Å². The molecule has 1 amide bonds. The van der Waals surface area contributed by atoms with Crippen LogP contribution < -0.4 is 10.1 Å². The van der Waals surface area contributed by atoms with Gasteiger partial charge in [-0.2, -0.15) is 0 Å². The highest BCUT2D eigenvalue weighted by atomic mass is 16.5. The number of rotatable bonds is 5. The Morgan fingerprint density at radius 3 is 2.38 bits per heavy atom. The monoisotopic (exact) mass is 223 g/mol. The molecule has 0 fully saturated rings. The average molecular weight is 223 g/mol. The maximum Gasteiger partial charge on any atom is 0.253 e. The maximum atomic E-state index is 11.7. The quantitative estimate of drug-likeness (QED) is 0.774. The summed E-state index contributed by atoms with van der Waals surface area (Å²) in [6.45, 7) is 1.95. The summed E-state index contributed by atoms with van der Waals surface area (Å²) in [4.78, 5) is 11.7. The molecule has 0 aliphatic heterocycles. The first-order valence-electron chi connectivity index (χ1n) is 5.19. The summed E-state index contributed by atoms with van der Waals surface area (Å²) in [5, 5.41) is 2.77. The molecule has 4 heteroatoms. The minimum absolute atomic E-state index is 0.142. The fourth-order valence-electron chi connectivity index (χ4n) is 1.30. The van der Waals surface area contributed by atoms with E-state index >= 15 is 0 Å². The summed E-state index contributed by atoms with van der Waals surface area (Å²) in [6, 6.07) is 6.94. The van der Waals surface area contributed by atoms with E-state index in [2.05, 4.69) is 5.32 Å². The van der Waals surface area contributed by atoms with Gasteiger partial charge in [-0.1, -0.05) is 6.92 Å². The Balaban J connectivity index is 2.65. The predicted octanol–water partition coefficient (Wildman–Crippen LogP) is 1.81. The number of carbonyl (C=O) groups is 1. The number of hydrogen-bond donors (Lipinski definition) is 1. The molecule has 0 saturated heterocycles. The molecule has 0 spiro atoms. The van der Waals surface area contributed by atoms with Gasteiger partial charge < -0.3 is 14.8 Å². The fourth-order valence-corrected chi connectivity index (χ4v) is 1.30. The van der Waals surface area contributed by atoms with Crippen LogP contribution in [-0.2, 0) is 4.74 Å². The zero-order valence-corrected chi connectivity index (χ0v) is 9.82. The Kier molecular flexibility index (Phi) is 4.79. The maximum absolute atomic E-state index is 11.7. The van der Waals surface area contributed by atoms with Crippen LogP contribution in [-0.4, -0.2) is 26.4 Å². The van der Waals surface area contributed by atoms with Crippen molar-refractivity contribution in [3.8, 4) is 5.75 Å². The Labute approximate surface area is 95.6 Å². The van der Waals surface area contributed by atoms with E-state index in [1.54, 1.807) is 38.5 Å². The number of hydrogen-bond acceptors (Lipinski definition) is 3. The molecule has 0 radical (unpaired) electrons. The lowest BCUT2D eigenvalue weighted by molar-refractivity contribution is 0.0562. The third kappa shape index (κ3) is 3.24. The molecule has 1 aromatic carbocycles. The number of amides is 1. The van der Waals surface area contributed by atoms with Crippen LogP contribution in [0, 0.1) is 0 Å². The fraction of sp³-hybridized carbons (Fsp3) is 0.417. The van der Waals surface area contributed by atoms with Crippen molar-refractivity contribution in [3.05, 3.63) is 29.8 Å². The lowest BCUT2D eigenvalue weighted by Crippen LogP contribution is -2.35. The number of carbonyl (C=O) groups excluding carboxylic acids is 1. The molecule has 1 aromatic rings. The highest BCUT2D eigenvalue weighted by molar-refractivity contribution is 5.94. The number of methoxy groups -OCH3 is 2. The number of benzene rings is 1. The molecule has 0 aliphatic carbocycles. The molecular weight excluding hydrogens is 206 g/mol. The second-order valence-electron chi connectivity index (χ2n) is 3.33. The summed E-state index contributed by atoms with van der Waals surface area (Å²) < 4.78 is 10.1. The molecule has 16 heavy (non-hydrogen) atoms. The lowest BCUT2D eigenvalue weighted by Gasteiger charge is -2.14. The van der Waals surface area contributed by atoms with Gasteiger partial charge in [-0.15, -0.1) is 0 Å². The van der Waals surface area contributed by atoms with E-state index in [-0.39, 0.29) is 12.1 Å². The van der Waals surface area contributed by atoms with E-state index in [1.807, 2.05) is 6.92 Å². The van der Waals surface area contributed by atoms with Crippen LogP contribution in [0.25, 0.3) is 0 Å². The van der Waals surface area contributed by atoms with Crippen LogP contribution in [0.3, 0.4) is 0 Å². The van der Waals surface area contributed by atoms with Gasteiger partial charge in [0.05, 0.1) is 7.11 Å². The molecule has 1 atom stereocenters. The van der Waals surface area contributed by atoms with Crippen molar-refractivity contribution in [1.29, 1.82) is 0 Å². The number of nitrogens with one attached hydrogen (secondary N) is 1. The Hall–Kier alpha value is -1.55. The van der Waals surface area contributed by atoms with Gasteiger partial charge in [-0.05, 0) is 30.7 Å². The van der Waals surface area contributed by atoms with E-state index in [1.165, 1.54) is 0 Å². The van der Waals surface area contributed by atoms with Crippen molar-refractivity contribution < 1.29 is 14.3 Å². The molecule has 88 valence electrons.